The zero-order valence-electron chi connectivity index (χ0n) is 16.1. The van der Waals surface area contributed by atoms with Crippen molar-refractivity contribution >= 4 is 58.1 Å². The maximum absolute atomic E-state index is 9.79. The van der Waals surface area contributed by atoms with Gasteiger partial charge in [0.05, 0.1) is 12.8 Å². The summed E-state index contributed by atoms with van der Waals surface area (Å²) in [6.07, 6.45) is 6.11. The lowest BCUT2D eigenvalue weighted by molar-refractivity contribution is 0.196. The zero-order chi connectivity index (χ0) is 20.2. The lowest BCUT2D eigenvalue weighted by Crippen LogP contribution is -2.27. The molecule has 0 atom stereocenters. The molecule has 3 heterocycles. The maximum Gasteiger partial charge on any atom is 0.491 e. The third-order valence-corrected chi connectivity index (χ3v) is 6.49. The fourth-order valence-corrected chi connectivity index (χ4v) is 4.54. The summed E-state index contributed by atoms with van der Waals surface area (Å²) in [4.78, 5) is 13.3. The second kappa shape index (κ2) is 9.18. The Labute approximate surface area is 177 Å². The van der Waals surface area contributed by atoms with Crippen LogP contribution in [-0.4, -0.2) is 59.8 Å². The number of rotatable bonds is 8. The van der Waals surface area contributed by atoms with E-state index in [1.54, 1.807) is 36.4 Å². The molecular formula is C18H20BN5O3S2. The highest BCUT2D eigenvalue weighted by molar-refractivity contribution is 8.00. The van der Waals surface area contributed by atoms with Crippen molar-refractivity contribution in [2.75, 3.05) is 31.5 Å². The van der Waals surface area contributed by atoms with Crippen molar-refractivity contribution in [3.8, 4) is 0 Å². The molecule has 4 rings (SSSR count). The first-order valence-corrected chi connectivity index (χ1v) is 11.1. The van der Waals surface area contributed by atoms with Gasteiger partial charge in [-0.05, 0) is 35.3 Å². The van der Waals surface area contributed by atoms with E-state index in [0.29, 0.717) is 25.4 Å². The summed E-state index contributed by atoms with van der Waals surface area (Å²) >= 11 is 3.15. The predicted octanol–water partition coefficient (Wildman–Crippen LogP) is 1.90. The molecule has 0 saturated carbocycles. The number of hydrazone groups is 1. The number of methoxy groups -OCH3 is 1. The minimum Gasteiger partial charge on any atom is -0.423 e. The molecule has 0 unspecified atom stereocenters. The number of thiazole rings is 1. The first kappa shape index (κ1) is 20.2. The summed E-state index contributed by atoms with van der Waals surface area (Å²) in [7, 11) is 0.846. The van der Waals surface area contributed by atoms with Crippen LogP contribution in [-0.2, 0) is 16.0 Å². The molecule has 150 valence electrons. The number of aromatic nitrogens is 3. The van der Waals surface area contributed by atoms with E-state index in [0.717, 1.165) is 37.9 Å². The van der Waals surface area contributed by atoms with Gasteiger partial charge < -0.3 is 14.4 Å². The molecule has 29 heavy (non-hydrogen) atoms. The number of anilines is 1. The molecule has 3 aromatic rings. The third-order valence-electron chi connectivity index (χ3n) is 4.47. The Bertz CT molecular complexity index is 1030. The molecule has 8 nitrogen and oxygen atoms in total. The lowest BCUT2D eigenvalue weighted by Gasteiger charge is -2.18. The standard InChI is InChI=1S/C18H20BN5O3S2/c1-26-7-3-6-24(17-15-16(20-11-21-17)23-18(28-2)29-15)22-9-12-4-5-14-13(8-12)10-27-19(14)25/h4-5,8-9,11,25H,3,6-7,10H2,1-2H3/b22-9+. The molecule has 1 aromatic carbocycles. The van der Waals surface area contributed by atoms with Crippen molar-refractivity contribution in [2.24, 2.45) is 5.10 Å². The molecule has 2 aromatic heterocycles. The highest BCUT2D eigenvalue weighted by Crippen LogP contribution is 2.33. The van der Waals surface area contributed by atoms with Crippen LogP contribution in [0.4, 0.5) is 5.82 Å². The summed E-state index contributed by atoms with van der Waals surface area (Å²) < 4.78 is 12.3. The van der Waals surface area contributed by atoms with Crippen molar-refractivity contribution in [1.29, 1.82) is 0 Å². The Morgan fingerprint density at radius 3 is 3.17 bits per heavy atom. The van der Waals surface area contributed by atoms with Gasteiger partial charge in [0.15, 0.2) is 15.8 Å². The van der Waals surface area contributed by atoms with Gasteiger partial charge in [-0.25, -0.2) is 20.0 Å². The van der Waals surface area contributed by atoms with Crippen LogP contribution in [0.2, 0.25) is 0 Å². The SMILES string of the molecule is COCCCN(/N=C/c1ccc2c(c1)COB2O)c1ncnc2nc(SC)sc12. The number of nitrogens with zero attached hydrogens (tertiary/aromatic N) is 5. The molecular weight excluding hydrogens is 409 g/mol. The van der Waals surface area contributed by atoms with E-state index < -0.39 is 7.12 Å². The van der Waals surface area contributed by atoms with E-state index in [9.17, 15) is 5.02 Å². The van der Waals surface area contributed by atoms with Crippen molar-refractivity contribution < 1.29 is 14.4 Å². The van der Waals surface area contributed by atoms with Crippen LogP contribution < -0.4 is 10.5 Å². The topological polar surface area (TPSA) is 93.0 Å². The van der Waals surface area contributed by atoms with Gasteiger partial charge in [0.1, 0.15) is 11.0 Å². The van der Waals surface area contributed by atoms with Gasteiger partial charge in [0.25, 0.3) is 0 Å². The van der Waals surface area contributed by atoms with Crippen LogP contribution >= 0.6 is 23.1 Å². The fraction of sp³-hybridized carbons (Fsp3) is 0.333. The molecule has 1 N–H and O–H groups in total. The smallest absolute Gasteiger partial charge is 0.423 e. The second-order valence-corrected chi connectivity index (χ2v) is 8.42. The van der Waals surface area contributed by atoms with E-state index in [-0.39, 0.29) is 0 Å². The number of fused-ring (bicyclic) bond motifs is 2. The van der Waals surface area contributed by atoms with Crippen LogP contribution in [0, 0.1) is 0 Å². The first-order chi connectivity index (χ1) is 14.2. The molecule has 0 spiro atoms. The number of benzene rings is 1. The van der Waals surface area contributed by atoms with E-state index >= 15 is 0 Å². The number of thioether (sulfide) groups is 1. The minimum atomic E-state index is -0.840. The zero-order valence-corrected chi connectivity index (χ0v) is 17.7. The highest BCUT2D eigenvalue weighted by Gasteiger charge is 2.26. The Morgan fingerprint density at radius 2 is 2.34 bits per heavy atom. The molecule has 0 radical (unpaired) electrons. The van der Waals surface area contributed by atoms with Crippen molar-refractivity contribution in [3.63, 3.8) is 0 Å². The van der Waals surface area contributed by atoms with E-state index in [4.69, 9.17) is 14.5 Å². The summed E-state index contributed by atoms with van der Waals surface area (Å²) in [5, 5.41) is 16.3. The minimum absolute atomic E-state index is 0.403. The van der Waals surface area contributed by atoms with Crippen molar-refractivity contribution in [3.05, 3.63) is 35.7 Å². The molecule has 11 heteroatoms. The van der Waals surface area contributed by atoms with E-state index in [1.165, 1.54) is 6.33 Å². The largest absolute Gasteiger partial charge is 0.491 e. The van der Waals surface area contributed by atoms with Gasteiger partial charge >= 0.3 is 7.12 Å². The average Bonchev–Trinajstić information content (AvgIpc) is 3.33. The monoisotopic (exact) mass is 429 g/mol. The quantitative estimate of drug-likeness (QED) is 0.191. The number of hydrogen-bond acceptors (Lipinski definition) is 10. The molecule has 0 bridgehead atoms. The number of ether oxygens (including phenoxy) is 1. The van der Waals surface area contributed by atoms with Gasteiger partial charge in [-0.2, -0.15) is 5.10 Å². The Hall–Kier alpha value is -2.05. The molecule has 1 aliphatic rings. The number of hydrogen-bond donors (Lipinski definition) is 1. The van der Waals surface area contributed by atoms with Gasteiger partial charge in [0, 0.05) is 20.3 Å². The normalized spacial score (nSPS) is 13.6. The summed E-state index contributed by atoms with van der Waals surface area (Å²) in [5.41, 5.74) is 3.40. The maximum atomic E-state index is 9.79. The Kier molecular flexibility index (Phi) is 6.41. The first-order valence-electron chi connectivity index (χ1n) is 9.08. The molecule has 0 fully saturated rings. The molecule has 0 amide bonds. The van der Waals surface area contributed by atoms with Crippen LogP contribution in [0.15, 0.2) is 34.0 Å². The summed E-state index contributed by atoms with van der Waals surface area (Å²) in [6.45, 7) is 1.68. The van der Waals surface area contributed by atoms with Crippen molar-refractivity contribution in [1.82, 2.24) is 15.0 Å². The van der Waals surface area contributed by atoms with Gasteiger partial charge in [-0.15, -0.1) is 11.3 Å². The third kappa shape index (κ3) is 4.43. The molecule has 0 saturated heterocycles. The van der Waals surface area contributed by atoms with Gasteiger partial charge in [0.2, 0.25) is 0 Å². The fourth-order valence-electron chi connectivity index (χ4n) is 3.04. The second-order valence-electron chi connectivity index (χ2n) is 6.37. The predicted molar refractivity (Wildman–Crippen MR) is 117 cm³/mol. The lowest BCUT2D eigenvalue weighted by atomic mass is 9.79. The van der Waals surface area contributed by atoms with E-state index in [2.05, 4.69) is 15.0 Å². The van der Waals surface area contributed by atoms with Gasteiger partial charge in [-0.3, -0.25) is 0 Å². The van der Waals surface area contributed by atoms with E-state index in [1.807, 2.05) is 29.5 Å². The molecule has 1 aliphatic heterocycles. The highest BCUT2D eigenvalue weighted by atomic mass is 32.2. The van der Waals surface area contributed by atoms with Gasteiger partial charge in [-0.1, -0.05) is 23.9 Å². The molecule has 0 aliphatic carbocycles. The van der Waals surface area contributed by atoms with Crippen LogP contribution in [0.1, 0.15) is 17.5 Å². The van der Waals surface area contributed by atoms with Crippen molar-refractivity contribution in [2.45, 2.75) is 17.4 Å². The van der Waals surface area contributed by atoms with Crippen LogP contribution in [0.5, 0.6) is 0 Å². The van der Waals surface area contributed by atoms with Crippen LogP contribution in [0.3, 0.4) is 0 Å². The summed E-state index contributed by atoms with van der Waals surface area (Å²) in [5.74, 6) is 0.736. The Balaban J connectivity index is 1.64. The Morgan fingerprint density at radius 1 is 1.45 bits per heavy atom. The average molecular weight is 429 g/mol. The van der Waals surface area contributed by atoms with Crippen LogP contribution in [0.25, 0.3) is 10.3 Å². The summed E-state index contributed by atoms with van der Waals surface area (Å²) in [6, 6.07) is 5.78.